The number of rotatable bonds is 3. The lowest BCUT2D eigenvalue weighted by Crippen LogP contribution is -1.90. The van der Waals surface area contributed by atoms with Crippen LogP contribution in [-0.4, -0.2) is 5.11 Å². The molecule has 4 rings (SSSR count). The van der Waals surface area contributed by atoms with Gasteiger partial charge < -0.3 is 5.11 Å². The Morgan fingerprint density at radius 3 is 1.46 bits per heavy atom. The fraction of sp³-hybridized carbons (Fsp3) is 0.0400. The Morgan fingerprint density at radius 2 is 0.885 bits per heavy atom. The van der Waals surface area contributed by atoms with Crippen LogP contribution in [0.3, 0.4) is 0 Å². The standard InChI is InChI=1S/C25H20O/c1-18-8-2-3-9-21(18)23-11-6-7-13-25(23)24-12-5-4-10-22(24)19-14-16-20(26)17-15-19/h2-17,26H,1H3. The monoisotopic (exact) mass is 336 g/mol. The van der Waals surface area contributed by atoms with E-state index < -0.39 is 0 Å². The minimum absolute atomic E-state index is 0.284. The number of phenols is 1. The highest BCUT2D eigenvalue weighted by Gasteiger charge is 2.12. The van der Waals surface area contributed by atoms with Gasteiger partial charge in [-0.05, 0) is 58.0 Å². The van der Waals surface area contributed by atoms with Crippen molar-refractivity contribution in [1.82, 2.24) is 0 Å². The molecule has 0 fully saturated rings. The summed E-state index contributed by atoms with van der Waals surface area (Å²) in [6.45, 7) is 2.15. The summed E-state index contributed by atoms with van der Waals surface area (Å²) in [4.78, 5) is 0. The molecule has 0 heterocycles. The molecule has 0 aromatic heterocycles. The van der Waals surface area contributed by atoms with E-state index in [2.05, 4.69) is 79.7 Å². The van der Waals surface area contributed by atoms with Gasteiger partial charge in [-0.1, -0.05) is 84.9 Å². The fourth-order valence-corrected chi connectivity index (χ4v) is 3.44. The number of phenolic OH excluding ortho intramolecular Hbond substituents is 1. The first kappa shape index (κ1) is 16.2. The molecule has 0 saturated heterocycles. The minimum Gasteiger partial charge on any atom is -0.508 e. The van der Waals surface area contributed by atoms with E-state index >= 15 is 0 Å². The summed E-state index contributed by atoms with van der Waals surface area (Å²) in [6.07, 6.45) is 0. The van der Waals surface area contributed by atoms with Gasteiger partial charge in [0.25, 0.3) is 0 Å². The molecule has 0 bridgehead atoms. The Hall–Kier alpha value is -3.32. The fourth-order valence-electron chi connectivity index (χ4n) is 3.44. The molecule has 0 amide bonds. The van der Waals surface area contributed by atoms with E-state index in [0.29, 0.717) is 0 Å². The molecule has 4 aromatic rings. The van der Waals surface area contributed by atoms with Gasteiger partial charge in [-0.2, -0.15) is 0 Å². The molecule has 0 atom stereocenters. The summed E-state index contributed by atoms with van der Waals surface area (Å²) in [5.74, 6) is 0.284. The second kappa shape index (κ2) is 6.89. The van der Waals surface area contributed by atoms with Crippen LogP contribution in [0.2, 0.25) is 0 Å². The van der Waals surface area contributed by atoms with Gasteiger partial charge in [0.1, 0.15) is 5.75 Å². The Kier molecular flexibility index (Phi) is 4.28. The molecule has 1 N–H and O–H groups in total. The van der Waals surface area contributed by atoms with E-state index in [0.717, 1.165) is 11.1 Å². The van der Waals surface area contributed by atoms with Gasteiger partial charge in [-0.25, -0.2) is 0 Å². The van der Waals surface area contributed by atoms with Crippen LogP contribution < -0.4 is 0 Å². The number of benzene rings is 4. The highest BCUT2D eigenvalue weighted by atomic mass is 16.3. The van der Waals surface area contributed by atoms with Crippen molar-refractivity contribution in [3.63, 3.8) is 0 Å². The van der Waals surface area contributed by atoms with Crippen molar-refractivity contribution in [3.8, 4) is 39.1 Å². The predicted molar refractivity (Wildman–Crippen MR) is 109 cm³/mol. The summed E-state index contributed by atoms with van der Waals surface area (Å²) >= 11 is 0. The zero-order chi connectivity index (χ0) is 17.9. The number of hydrogen-bond acceptors (Lipinski definition) is 1. The van der Waals surface area contributed by atoms with E-state index in [4.69, 9.17) is 0 Å². The molecule has 1 heteroatoms. The third-order valence-corrected chi connectivity index (χ3v) is 4.76. The molecule has 0 aliphatic carbocycles. The van der Waals surface area contributed by atoms with Gasteiger partial charge in [0.05, 0.1) is 0 Å². The van der Waals surface area contributed by atoms with E-state index in [-0.39, 0.29) is 5.75 Å². The molecule has 126 valence electrons. The highest BCUT2D eigenvalue weighted by Crippen LogP contribution is 2.39. The van der Waals surface area contributed by atoms with Crippen molar-refractivity contribution in [2.24, 2.45) is 0 Å². The Labute approximate surface area is 154 Å². The van der Waals surface area contributed by atoms with Crippen molar-refractivity contribution in [1.29, 1.82) is 0 Å². The minimum atomic E-state index is 0.284. The van der Waals surface area contributed by atoms with Crippen molar-refractivity contribution in [2.75, 3.05) is 0 Å². The summed E-state index contributed by atoms with van der Waals surface area (Å²) in [7, 11) is 0. The van der Waals surface area contributed by atoms with Crippen LogP contribution in [0.15, 0.2) is 97.1 Å². The topological polar surface area (TPSA) is 20.2 Å². The second-order valence-corrected chi connectivity index (χ2v) is 6.45. The van der Waals surface area contributed by atoms with Gasteiger partial charge in [0.2, 0.25) is 0 Å². The molecular formula is C25H20O. The van der Waals surface area contributed by atoms with Gasteiger partial charge >= 0.3 is 0 Å². The summed E-state index contributed by atoms with van der Waals surface area (Å²) in [5, 5.41) is 9.61. The first-order chi connectivity index (χ1) is 12.7. The number of aromatic hydroxyl groups is 1. The molecular weight excluding hydrogens is 316 g/mol. The quantitative estimate of drug-likeness (QED) is 0.441. The lowest BCUT2D eigenvalue weighted by molar-refractivity contribution is 0.475. The number of aryl methyl sites for hydroxylation is 1. The SMILES string of the molecule is Cc1ccccc1-c1ccccc1-c1ccccc1-c1ccc(O)cc1. The van der Waals surface area contributed by atoms with E-state index in [1.807, 2.05) is 12.1 Å². The van der Waals surface area contributed by atoms with Crippen molar-refractivity contribution < 1.29 is 5.11 Å². The summed E-state index contributed by atoms with van der Waals surface area (Å²) < 4.78 is 0. The van der Waals surface area contributed by atoms with Gasteiger partial charge in [-0.3, -0.25) is 0 Å². The molecule has 0 aliphatic rings. The molecule has 0 aliphatic heterocycles. The molecule has 0 unspecified atom stereocenters. The van der Waals surface area contributed by atoms with Crippen LogP contribution in [0.4, 0.5) is 0 Å². The number of hydrogen-bond donors (Lipinski definition) is 1. The molecule has 4 aromatic carbocycles. The maximum atomic E-state index is 9.61. The van der Waals surface area contributed by atoms with Crippen LogP contribution in [0.5, 0.6) is 5.75 Å². The average Bonchev–Trinajstić information content (AvgIpc) is 2.69. The Morgan fingerprint density at radius 1 is 0.462 bits per heavy atom. The molecule has 0 saturated carbocycles. The van der Waals surface area contributed by atoms with Gasteiger partial charge in [-0.15, -0.1) is 0 Å². The lowest BCUT2D eigenvalue weighted by Gasteiger charge is -2.16. The van der Waals surface area contributed by atoms with E-state index in [1.165, 1.54) is 27.8 Å². The smallest absolute Gasteiger partial charge is 0.115 e. The van der Waals surface area contributed by atoms with Crippen LogP contribution >= 0.6 is 0 Å². The second-order valence-electron chi connectivity index (χ2n) is 6.45. The van der Waals surface area contributed by atoms with E-state index in [9.17, 15) is 5.11 Å². The Bertz CT molecular complexity index is 1050. The summed E-state index contributed by atoms with van der Waals surface area (Å²) in [5.41, 5.74) is 8.41. The predicted octanol–water partition coefficient (Wildman–Crippen LogP) is 6.70. The molecule has 26 heavy (non-hydrogen) atoms. The van der Waals surface area contributed by atoms with Gasteiger partial charge in [0, 0.05) is 0 Å². The normalized spacial score (nSPS) is 10.7. The van der Waals surface area contributed by atoms with Crippen molar-refractivity contribution in [3.05, 3.63) is 103 Å². The third kappa shape index (κ3) is 3.00. The van der Waals surface area contributed by atoms with E-state index in [1.54, 1.807) is 12.1 Å². The van der Waals surface area contributed by atoms with Crippen LogP contribution in [0.25, 0.3) is 33.4 Å². The zero-order valence-electron chi connectivity index (χ0n) is 14.7. The highest BCUT2D eigenvalue weighted by molar-refractivity contribution is 5.92. The Balaban J connectivity index is 1.93. The largest absolute Gasteiger partial charge is 0.508 e. The zero-order valence-corrected chi connectivity index (χ0v) is 14.7. The first-order valence-corrected chi connectivity index (χ1v) is 8.78. The summed E-state index contributed by atoms with van der Waals surface area (Å²) in [6, 6.07) is 32.9. The maximum absolute atomic E-state index is 9.61. The molecule has 0 spiro atoms. The third-order valence-electron chi connectivity index (χ3n) is 4.76. The van der Waals surface area contributed by atoms with Crippen molar-refractivity contribution in [2.45, 2.75) is 6.92 Å². The lowest BCUT2D eigenvalue weighted by atomic mass is 9.88. The molecule has 1 nitrogen and oxygen atoms in total. The van der Waals surface area contributed by atoms with Crippen LogP contribution in [0.1, 0.15) is 5.56 Å². The van der Waals surface area contributed by atoms with Crippen LogP contribution in [0, 0.1) is 6.92 Å². The average molecular weight is 336 g/mol. The maximum Gasteiger partial charge on any atom is 0.115 e. The van der Waals surface area contributed by atoms with Crippen LogP contribution in [-0.2, 0) is 0 Å². The van der Waals surface area contributed by atoms with Crippen molar-refractivity contribution >= 4 is 0 Å². The molecule has 0 radical (unpaired) electrons. The van der Waals surface area contributed by atoms with Gasteiger partial charge in [0.15, 0.2) is 0 Å². The first-order valence-electron chi connectivity index (χ1n) is 8.78.